The van der Waals surface area contributed by atoms with Crippen LogP contribution in [0.2, 0.25) is 0 Å². The predicted molar refractivity (Wildman–Crippen MR) is 98.1 cm³/mol. The largest absolute Gasteiger partial charge is 0.390 e. The molecule has 26 heavy (non-hydrogen) atoms. The van der Waals surface area contributed by atoms with Gasteiger partial charge in [0.25, 0.3) is 0 Å². The maximum atomic E-state index is 13.9. The quantitative estimate of drug-likeness (QED) is 0.881. The lowest BCUT2D eigenvalue weighted by atomic mass is 9.42. The van der Waals surface area contributed by atoms with Crippen molar-refractivity contribution >= 4 is 5.91 Å². The Bertz CT molecular complexity index is 741. The number of aliphatic hydroxyl groups is 1. The maximum absolute atomic E-state index is 13.9. The Hall–Kier alpha value is -1.36. The summed E-state index contributed by atoms with van der Waals surface area (Å²) >= 11 is 0. The average Bonchev–Trinajstić information content (AvgIpc) is 3.32. The van der Waals surface area contributed by atoms with Crippen LogP contribution in [0.25, 0.3) is 0 Å². The molecule has 5 nitrogen and oxygen atoms in total. The van der Waals surface area contributed by atoms with Crippen LogP contribution in [-0.2, 0) is 18.4 Å². The van der Waals surface area contributed by atoms with Crippen LogP contribution in [0.1, 0.15) is 70.3 Å². The number of rotatable bonds is 5. The van der Waals surface area contributed by atoms with E-state index < -0.39 is 5.60 Å². The molecule has 0 aliphatic heterocycles. The number of nitrogens with zero attached hydrogens (tertiary/aromatic N) is 3. The van der Waals surface area contributed by atoms with Gasteiger partial charge in [-0.3, -0.25) is 9.48 Å². The van der Waals surface area contributed by atoms with Crippen molar-refractivity contribution in [1.82, 2.24) is 14.7 Å². The van der Waals surface area contributed by atoms with Crippen molar-refractivity contribution < 1.29 is 9.90 Å². The van der Waals surface area contributed by atoms with Crippen molar-refractivity contribution in [2.45, 2.75) is 82.9 Å². The number of carbonyl (C=O) groups is 1. The minimum atomic E-state index is -0.603. The van der Waals surface area contributed by atoms with Gasteiger partial charge < -0.3 is 10.0 Å². The molecule has 0 saturated heterocycles. The van der Waals surface area contributed by atoms with Crippen LogP contribution in [0.3, 0.4) is 0 Å². The zero-order valence-electron chi connectivity index (χ0n) is 16.1. The molecule has 5 aliphatic carbocycles. The summed E-state index contributed by atoms with van der Waals surface area (Å²) in [6.07, 6.45) is 12.9. The number of aromatic nitrogens is 2. The molecule has 4 atom stereocenters. The molecule has 4 bridgehead atoms. The monoisotopic (exact) mass is 357 g/mol. The second kappa shape index (κ2) is 5.34. The van der Waals surface area contributed by atoms with Gasteiger partial charge in [0.15, 0.2) is 0 Å². The molecule has 5 fully saturated rings. The molecular formula is C21H31N3O2. The predicted octanol–water partition coefficient (Wildman–Crippen LogP) is 3.02. The fourth-order valence-electron chi connectivity index (χ4n) is 7.03. The highest BCUT2D eigenvalue weighted by molar-refractivity contribution is 5.84. The van der Waals surface area contributed by atoms with Gasteiger partial charge >= 0.3 is 0 Å². The zero-order chi connectivity index (χ0) is 18.2. The molecule has 5 saturated carbocycles. The SMILES string of the molecule is CC[C@@]12C[C@@H]3C[C@@](O)(C1)C[C@@](C(=O)N(Cc1cnn(C)c1)C1CC1)(C3)C2. The van der Waals surface area contributed by atoms with E-state index in [2.05, 4.69) is 16.9 Å². The van der Waals surface area contributed by atoms with E-state index in [1.54, 1.807) is 0 Å². The summed E-state index contributed by atoms with van der Waals surface area (Å²) in [6.45, 7) is 2.92. The van der Waals surface area contributed by atoms with Crippen LogP contribution in [0, 0.1) is 16.7 Å². The van der Waals surface area contributed by atoms with E-state index in [9.17, 15) is 9.90 Å². The molecule has 142 valence electrons. The minimum absolute atomic E-state index is 0.188. The molecule has 5 aliphatic rings. The number of hydrogen-bond donors (Lipinski definition) is 1. The van der Waals surface area contributed by atoms with Gasteiger partial charge in [0, 0.05) is 31.4 Å². The summed E-state index contributed by atoms with van der Waals surface area (Å²) in [5.74, 6) is 0.851. The molecule has 5 heteroatoms. The summed E-state index contributed by atoms with van der Waals surface area (Å²) in [5, 5.41) is 15.5. The first kappa shape index (κ1) is 16.8. The molecule has 1 heterocycles. The topological polar surface area (TPSA) is 58.4 Å². The molecule has 0 aromatic carbocycles. The average molecular weight is 357 g/mol. The number of amides is 1. The van der Waals surface area contributed by atoms with Crippen LogP contribution in [0.4, 0.5) is 0 Å². The molecule has 0 unspecified atom stereocenters. The van der Waals surface area contributed by atoms with Gasteiger partial charge in [0.2, 0.25) is 5.91 Å². The third kappa shape index (κ3) is 2.54. The van der Waals surface area contributed by atoms with E-state index in [1.807, 2.05) is 24.1 Å². The molecular weight excluding hydrogens is 326 g/mol. The lowest BCUT2D eigenvalue weighted by Gasteiger charge is -2.64. The fourth-order valence-corrected chi connectivity index (χ4v) is 7.03. The van der Waals surface area contributed by atoms with E-state index in [1.165, 1.54) is 6.42 Å². The third-order valence-electron chi connectivity index (χ3n) is 7.72. The zero-order valence-corrected chi connectivity index (χ0v) is 16.1. The summed E-state index contributed by atoms with van der Waals surface area (Å²) in [5.41, 5.74) is 0.373. The van der Waals surface area contributed by atoms with Gasteiger partial charge in [-0.05, 0) is 62.7 Å². The standard InChI is InChI=1S/C21H31N3O2/c1-3-19-6-15-7-20(12-19,14-21(26,8-15)13-19)18(25)24(17-4-5-17)11-16-9-22-23(2)10-16/h9-10,15,17,26H,3-8,11-14H2,1-2H3/t15-,19-,20+,21+/m0/s1. The molecule has 1 N–H and O–H groups in total. The lowest BCUT2D eigenvalue weighted by Crippen LogP contribution is -2.64. The van der Waals surface area contributed by atoms with Crippen LogP contribution in [0.15, 0.2) is 12.4 Å². The van der Waals surface area contributed by atoms with Crippen LogP contribution in [0.5, 0.6) is 0 Å². The van der Waals surface area contributed by atoms with E-state index >= 15 is 0 Å². The molecule has 0 radical (unpaired) electrons. The van der Waals surface area contributed by atoms with Crippen molar-refractivity contribution in [1.29, 1.82) is 0 Å². The second-order valence-corrected chi connectivity index (χ2v) is 10.1. The van der Waals surface area contributed by atoms with Crippen molar-refractivity contribution in [2.24, 2.45) is 23.8 Å². The molecule has 0 spiro atoms. The highest BCUT2D eigenvalue weighted by Gasteiger charge is 2.65. The van der Waals surface area contributed by atoms with Gasteiger partial charge in [0.05, 0.1) is 17.2 Å². The first-order chi connectivity index (χ1) is 12.3. The Morgan fingerprint density at radius 1 is 1.31 bits per heavy atom. The highest BCUT2D eigenvalue weighted by atomic mass is 16.3. The maximum Gasteiger partial charge on any atom is 0.229 e. The van der Waals surface area contributed by atoms with Gasteiger partial charge in [-0.25, -0.2) is 0 Å². The van der Waals surface area contributed by atoms with Crippen LogP contribution < -0.4 is 0 Å². The van der Waals surface area contributed by atoms with E-state index in [4.69, 9.17) is 0 Å². The fraction of sp³-hybridized carbons (Fsp3) is 0.810. The molecule has 1 aromatic rings. The van der Waals surface area contributed by atoms with E-state index in [0.29, 0.717) is 30.8 Å². The van der Waals surface area contributed by atoms with Gasteiger partial charge in [-0.2, -0.15) is 5.10 Å². The van der Waals surface area contributed by atoms with Crippen molar-refractivity contribution in [3.8, 4) is 0 Å². The Kier molecular flexibility index (Phi) is 3.45. The summed E-state index contributed by atoms with van der Waals surface area (Å²) in [6, 6.07) is 0.392. The first-order valence-corrected chi connectivity index (χ1v) is 10.4. The minimum Gasteiger partial charge on any atom is -0.390 e. The van der Waals surface area contributed by atoms with Gasteiger partial charge in [-0.15, -0.1) is 0 Å². The second-order valence-electron chi connectivity index (χ2n) is 10.1. The van der Waals surface area contributed by atoms with Gasteiger partial charge in [-0.1, -0.05) is 13.3 Å². The van der Waals surface area contributed by atoms with Crippen molar-refractivity contribution in [3.63, 3.8) is 0 Å². The molecule has 1 aromatic heterocycles. The highest BCUT2D eigenvalue weighted by Crippen LogP contribution is 2.68. The third-order valence-corrected chi connectivity index (χ3v) is 7.72. The van der Waals surface area contributed by atoms with Crippen LogP contribution >= 0.6 is 0 Å². The van der Waals surface area contributed by atoms with Crippen LogP contribution in [-0.4, -0.2) is 37.3 Å². The summed E-state index contributed by atoms with van der Waals surface area (Å²) < 4.78 is 1.81. The lowest BCUT2D eigenvalue weighted by molar-refractivity contribution is -0.210. The first-order valence-electron chi connectivity index (χ1n) is 10.4. The van der Waals surface area contributed by atoms with Crippen molar-refractivity contribution in [3.05, 3.63) is 18.0 Å². The molecule has 6 rings (SSSR count). The summed E-state index contributed by atoms with van der Waals surface area (Å²) in [7, 11) is 1.92. The van der Waals surface area contributed by atoms with Gasteiger partial charge in [0.1, 0.15) is 0 Å². The van der Waals surface area contributed by atoms with E-state index in [0.717, 1.165) is 50.5 Å². The van der Waals surface area contributed by atoms with E-state index in [-0.39, 0.29) is 10.8 Å². The number of hydrogen-bond acceptors (Lipinski definition) is 3. The molecule has 1 amide bonds. The summed E-state index contributed by atoms with van der Waals surface area (Å²) in [4.78, 5) is 16.0. The normalized spacial score (nSPS) is 40.8. The number of aryl methyl sites for hydroxylation is 1. The number of carbonyl (C=O) groups excluding carboxylic acids is 1. The van der Waals surface area contributed by atoms with Crippen molar-refractivity contribution in [2.75, 3.05) is 0 Å². The Morgan fingerprint density at radius 3 is 2.73 bits per heavy atom. The Balaban J connectivity index is 1.46. The Morgan fingerprint density at radius 2 is 2.12 bits per heavy atom. The Labute approximate surface area is 155 Å². The smallest absolute Gasteiger partial charge is 0.229 e.